The first-order valence-corrected chi connectivity index (χ1v) is 9.67. The van der Waals surface area contributed by atoms with E-state index in [2.05, 4.69) is 10.3 Å². The Hall–Kier alpha value is -3.22. The molecular formula is C19H17FN4O3S. The maximum Gasteiger partial charge on any atom is 0.242 e. The van der Waals surface area contributed by atoms with Crippen molar-refractivity contribution in [3.8, 4) is 17.5 Å². The lowest BCUT2D eigenvalue weighted by atomic mass is 10.2. The minimum absolute atomic E-state index is 0.0714. The fraction of sp³-hybridized carbons (Fsp3) is 0.158. The number of hydrogen-bond acceptors (Lipinski definition) is 6. The maximum atomic E-state index is 13.0. The Morgan fingerprint density at radius 2 is 1.79 bits per heavy atom. The topological polar surface area (TPSA) is 99.2 Å². The number of nitrogens with zero attached hydrogens (tertiary/aromatic N) is 3. The molecule has 144 valence electrons. The third-order valence-corrected chi connectivity index (χ3v) is 5.81. The van der Waals surface area contributed by atoms with Gasteiger partial charge in [-0.1, -0.05) is 12.1 Å². The number of halogens is 1. The molecule has 0 aliphatic heterocycles. The van der Waals surface area contributed by atoms with Gasteiger partial charge in [0.2, 0.25) is 27.5 Å². The smallest absolute Gasteiger partial charge is 0.242 e. The molecule has 1 heterocycles. The lowest BCUT2D eigenvalue weighted by molar-refractivity contribution is 0.520. The molecule has 0 saturated carbocycles. The molecule has 3 aromatic rings. The molecule has 0 amide bonds. The van der Waals surface area contributed by atoms with E-state index in [1.165, 1.54) is 38.4 Å². The van der Waals surface area contributed by atoms with E-state index in [0.717, 1.165) is 9.87 Å². The van der Waals surface area contributed by atoms with Crippen molar-refractivity contribution >= 4 is 15.9 Å². The summed E-state index contributed by atoms with van der Waals surface area (Å²) in [5.41, 5.74) is 1.41. The first kappa shape index (κ1) is 19.5. The molecule has 1 aromatic heterocycles. The van der Waals surface area contributed by atoms with Gasteiger partial charge in [-0.3, -0.25) is 0 Å². The van der Waals surface area contributed by atoms with Crippen molar-refractivity contribution in [1.82, 2.24) is 9.29 Å². The van der Waals surface area contributed by atoms with E-state index < -0.39 is 10.0 Å². The van der Waals surface area contributed by atoms with Crippen molar-refractivity contribution in [2.24, 2.45) is 0 Å². The fourth-order valence-corrected chi connectivity index (χ4v) is 3.31. The Labute approximate surface area is 162 Å². The summed E-state index contributed by atoms with van der Waals surface area (Å²) in [4.78, 5) is 4.28. The third kappa shape index (κ3) is 4.03. The summed E-state index contributed by atoms with van der Waals surface area (Å²) in [6.07, 6.45) is 0. The summed E-state index contributed by atoms with van der Waals surface area (Å²) in [6.45, 7) is 0.323. The Morgan fingerprint density at radius 3 is 2.36 bits per heavy atom. The van der Waals surface area contributed by atoms with Crippen LogP contribution in [0.5, 0.6) is 0 Å². The van der Waals surface area contributed by atoms with Gasteiger partial charge in [0.1, 0.15) is 11.9 Å². The molecule has 0 fully saturated rings. The van der Waals surface area contributed by atoms with Crippen molar-refractivity contribution in [2.75, 3.05) is 19.4 Å². The lowest BCUT2D eigenvalue weighted by Crippen LogP contribution is -2.22. The predicted molar refractivity (Wildman–Crippen MR) is 101 cm³/mol. The number of anilines is 1. The van der Waals surface area contributed by atoms with Crippen molar-refractivity contribution in [3.05, 3.63) is 65.6 Å². The monoisotopic (exact) mass is 400 g/mol. The van der Waals surface area contributed by atoms with E-state index >= 15 is 0 Å². The Morgan fingerprint density at radius 1 is 1.14 bits per heavy atom. The van der Waals surface area contributed by atoms with Crippen molar-refractivity contribution < 1.29 is 17.2 Å². The van der Waals surface area contributed by atoms with Gasteiger partial charge in [-0.05, 0) is 42.0 Å². The molecule has 0 spiro atoms. The molecule has 0 aliphatic carbocycles. The number of rotatable bonds is 6. The average molecular weight is 400 g/mol. The second-order valence-corrected chi connectivity index (χ2v) is 8.25. The van der Waals surface area contributed by atoms with E-state index in [4.69, 9.17) is 4.42 Å². The van der Waals surface area contributed by atoms with Gasteiger partial charge < -0.3 is 9.73 Å². The molecule has 0 bridgehead atoms. The van der Waals surface area contributed by atoms with Gasteiger partial charge in [-0.15, -0.1) is 0 Å². The highest BCUT2D eigenvalue weighted by atomic mass is 32.2. The molecule has 0 aliphatic rings. The molecule has 2 aromatic carbocycles. The zero-order valence-corrected chi connectivity index (χ0v) is 16.0. The first-order valence-electron chi connectivity index (χ1n) is 8.23. The van der Waals surface area contributed by atoms with Crippen LogP contribution in [0, 0.1) is 17.1 Å². The lowest BCUT2D eigenvalue weighted by Gasteiger charge is -2.11. The summed E-state index contributed by atoms with van der Waals surface area (Å²) < 4.78 is 44.0. The van der Waals surface area contributed by atoms with E-state index in [-0.39, 0.29) is 28.2 Å². The van der Waals surface area contributed by atoms with Crippen LogP contribution < -0.4 is 5.32 Å². The molecule has 0 saturated heterocycles. The number of oxazole rings is 1. The second kappa shape index (κ2) is 7.80. The first-order chi connectivity index (χ1) is 13.3. The van der Waals surface area contributed by atoms with Crippen LogP contribution in [0.15, 0.2) is 57.8 Å². The largest absolute Gasteiger partial charge is 0.419 e. The highest BCUT2D eigenvalue weighted by molar-refractivity contribution is 7.89. The minimum atomic E-state index is -3.53. The molecule has 1 N–H and O–H groups in total. The van der Waals surface area contributed by atoms with Crippen LogP contribution in [0.3, 0.4) is 0 Å². The quantitative estimate of drug-likeness (QED) is 0.682. The van der Waals surface area contributed by atoms with E-state index in [1.807, 2.05) is 6.07 Å². The Bertz CT molecular complexity index is 1120. The van der Waals surface area contributed by atoms with Gasteiger partial charge in [0.15, 0.2) is 0 Å². The van der Waals surface area contributed by atoms with Crippen LogP contribution >= 0.6 is 0 Å². The summed E-state index contributed by atoms with van der Waals surface area (Å²) in [5, 5.41) is 12.2. The van der Waals surface area contributed by atoms with Crippen molar-refractivity contribution in [1.29, 1.82) is 5.26 Å². The molecular weight excluding hydrogens is 383 g/mol. The van der Waals surface area contributed by atoms with Gasteiger partial charge >= 0.3 is 0 Å². The zero-order valence-electron chi connectivity index (χ0n) is 15.2. The molecule has 7 nitrogen and oxygen atoms in total. The molecule has 9 heteroatoms. The number of benzene rings is 2. The summed E-state index contributed by atoms with van der Waals surface area (Å²) in [7, 11) is -0.627. The van der Waals surface area contributed by atoms with Crippen LogP contribution in [0.25, 0.3) is 11.5 Å². The molecule has 0 atom stereocenters. The van der Waals surface area contributed by atoms with Gasteiger partial charge in [0, 0.05) is 26.2 Å². The summed E-state index contributed by atoms with van der Waals surface area (Å²) in [5.74, 6) is 0.0434. The van der Waals surface area contributed by atoms with E-state index in [0.29, 0.717) is 12.1 Å². The summed E-state index contributed by atoms with van der Waals surface area (Å²) >= 11 is 0. The van der Waals surface area contributed by atoms with Gasteiger partial charge in [0.05, 0.1) is 4.90 Å². The third-order valence-electron chi connectivity index (χ3n) is 3.98. The van der Waals surface area contributed by atoms with E-state index in [9.17, 15) is 18.1 Å². The number of hydrogen-bond donors (Lipinski definition) is 1. The standard InChI is InChI=1S/C19H17FN4O3S/c1-24(2)28(25,26)16-9-5-14(6-10-16)18-23-17(11-21)19(27-18)22-12-13-3-7-15(20)8-4-13/h3-10,22H,12H2,1-2H3. The normalized spacial score (nSPS) is 11.4. The van der Waals surface area contributed by atoms with Crippen LogP contribution in [-0.4, -0.2) is 31.8 Å². The Balaban J connectivity index is 1.82. The van der Waals surface area contributed by atoms with E-state index in [1.54, 1.807) is 24.3 Å². The van der Waals surface area contributed by atoms with Crippen LogP contribution in [0.1, 0.15) is 11.3 Å². The number of nitriles is 1. The second-order valence-electron chi connectivity index (χ2n) is 6.10. The number of nitrogens with one attached hydrogen (secondary N) is 1. The highest BCUT2D eigenvalue weighted by Gasteiger charge is 2.19. The Kier molecular flexibility index (Phi) is 5.44. The average Bonchev–Trinajstić information content (AvgIpc) is 3.11. The number of aromatic nitrogens is 1. The molecule has 28 heavy (non-hydrogen) atoms. The zero-order chi connectivity index (χ0) is 20.3. The van der Waals surface area contributed by atoms with Crippen molar-refractivity contribution in [2.45, 2.75) is 11.4 Å². The molecule has 0 unspecified atom stereocenters. The minimum Gasteiger partial charge on any atom is -0.419 e. The fourth-order valence-electron chi connectivity index (χ4n) is 2.40. The predicted octanol–water partition coefficient (Wildman–Crippen LogP) is 3.21. The SMILES string of the molecule is CN(C)S(=O)(=O)c1ccc(-c2nc(C#N)c(NCc3ccc(F)cc3)o2)cc1. The van der Waals surface area contributed by atoms with Gasteiger partial charge in [-0.25, -0.2) is 17.1 Å². The van der Waals surface area contributed by atoms with Crippen LogP contribution in [0.2, 0.25) is 0 Å². The van der Waals surface area contributed by atoms with Gasteiger partial charge in [-0.2, -0.15) is 10.2 Å². The maximum absolute atomic E-state index is 13.0. The number of sulfonamides is 1. The highest BCUT2D eigenvalue weighted by Crippen LogP contribution is 2.27. The van der Waals surface area contributed by atoms with Gasteiger partial charge in [0.25, 0.3) is 0 Å². The van der Waals surface area contributed by atoms with Crippen molar-refractivity contribution in [3.63, 3.8) is 0 Å². The molecule has 3 rings (SSSR count). The molecule has 0 radical (unpaired) electrons. The summed E-state index contributed by atoms with van der Waals surface area (Å²) in [6, 6.07) is 13.9. The van der Waals surface area contributed by atoms with Crippen LogP contribution in [-0.2, 0) is 16.6 Å². The van der Waals surface area contributed by atoms with Crippen LogP contribution in [0.4, 0.5) is 10.3 Å².